The smallest absolute Gasteiger partial charge is 0.326 e. The third-order valence-corrected chi connectivity index (χ3v) is 4.17. The van der Waals surface area contributed by atoms with Crippen LogP contribution in [0.4, 0.5) is 4.79 Å². The molecule has 1 heterocycles. The van der Waals surface area contributed by atoms with Crippen LogP contribution in [-0.2, 0) is 11.4 Å². The van der Waals surface area contributed by atoms with Gasteiger partial charge >= 0.3 is 6.03 Å². The summed E-state index contributed by atoms with van der Waals surface area (Å²) in [5.41, 5.74) is 1.97. The van der Waals surface area contributed by atoms with E-state index in [1.165, 1.54) is 0 Å². The number of urea groups is 1. The Morgan fingerprint density at radius 1 is 1.08 bits per heavy atom. The molecule has 0 spiro atoms. The van der Waals surface area contributed by atoms with Gasteiger partial charge in [0.15, 0.2) is 0 Å². The van der Waals surface area contributed by atoms with Crippen molar-refractivity contribution in [3.8, 4) is 5.75 Å². The van der Waals surface area contributed by atoms with Crippen LogP contribution in [0.15, 0.2) is 52.6 Å². The summed E-state index contributed by atoms with van der Waals surface area (Å²) in [6.45, 7) is 0.411. The minimum Gasteiger partial charge on any atom is -0.488 e. The highest BCUT2D eigenvalue weighted by atomic mass is 79.9. The SMILES string of the molecule is O=C1NC(=O)/C(=C\c2ccc(OCc3ccc(Cl)cc3)c(Br)c2)N1. The standard InChI is InChI=1S/C17H12BrClN2O3/c18-13-7-11(8-14-16(22)21-17(23)20-14)3-6-15(13)24-9-10-1-4-12(19)5-2-10/h1-8H,9H2,(H2,20,21,22,23)/b14-8+. The molecular weight excluding hydrogens is 396 g/mol. The van der Waals surface area contributed by atoms with Crippen LogP contribution in [0.5, 0.6) is 5.75 Å². The van der Waals surface area contributed by atoms with Crippen molar-refractivity contribution in [2.24, 2.45) is 0 Å². The second kappa shape index (κ2) is 7.07. The highest BCUT2D eigenvalue weighted by Crippen LogP contribution is 2.28. The molecule has 2 aromatic carbocycles. The molecule has 3 amide bonds. The molecule has 0 saturated carbocycles. The predicted octanol–water partition coefficient (Wildman–Crippen LogP) is 3.86. The van der Waals surface area contributed by atoms with E-state index in [2.05, 4.69) is 26.6 Å². The third kappa shape index (κ3) is 3.96. The second-order valence-corrected chi connectivity index (χ2v) is 6.36. The number of amides is 3. The summed E-state index contributed by atoms with van der Waals surface area (Å²) in [4.78, 5) is 22.6. The van der Waals surface area contributed by atoms with Crippen molar-refractivity contribution in [2.75, 3.05) is 0 Å². The van der Waals surface area contributed by atoms with Gasteiger partial charge in [-0.1, -0.05) is 29.8 Å². The Bertz CT molecular complexity index is 834. The first-order chi connectivity index (χ1) is 11.5. The Kier molecular flexibility index (Phi) is 4.87. The van der Waals surface area contributed by atoms with Crippen molar-refractivity contribution < 1.29 is 14.3 Å². The van der Waals surface area contributed by atoms with Crippen LogP contribution in [0.25, 0.3) is 6.08 Å². The average molecular weight is 408 g/mol. The van der Waals surface area contributed by atoms with Crippen LogP contribution in [0.2, 0.25) is 5.02 Å². The van der Waals surface area contributed by atoms with Crippen molar-refractivity contribution in [2.45, 2.75) is 6.61 Å². The largest absolute Gasteiger partial charge is 0.488 e. The van der Waals surface area contributed by atoms with Crippen LogP contribution < -0.4 is 15.4 Å². The minimum absolute atomic E-state index is 0.210. The summed E-state index contributed by atoms with van der Waals surface area (Å²) >= 11 is 9.30. The first-order valence-corrected chi connectivity index (χ1v) is 8.19. The van der Waals surface area contributed by atoms with Crippen molar-refractivity contribution in [1.29, 1.82) is 0 Å². The van der Waals surface area contributed by atoms with E-state index in [-0.39, 0.29) is 5.70 Å². The summed E-state index contributed by atoms with van der Waals surface area (Å²) in [6.07, 6.45) is 1.59. The van der Waals surface area contributed by atoms with Crippen molar-refractivity contribution in [3.05, 3.63) is 68.8 Å². The number of rotatable bonds is 4. The number of ether oxygens (including phenoxy) is 1. The van der Waals surface area contributed by atoms with Crippen LogP contribution >= 0.6 is 27.5 Å². The van der Waals surface area contributed by atoms with Crippen LogP contribution in [-0.4, -0.2) is 11.9 Å². The zero-order valence-corrected chi connectivity index (χ0v) is 14.6. The zero-order chi connectivity index (χ0) is 17.1. The lowest BCUT2D eigenvalue weighted by Crippen LogP contribution is -2.22. The molecule has 0 aliphatic carbocycles. The highest BCUT2D eigenvalue weighted by molar-refractivity contribution is 9.10. The maximum Gasteiger partial charge on any atom is 0.326 e. The van der Waals surface area contributed by atoms with Crippen LogP contribution in [0.3, 0.4) is 0 Å². The third-order valence-electron chi connectivity index (χ3n) is 3.29. The van der Waals surface area contributed by atoms with Gasteiger partial charge in [-0.3, -0.25) is 10.1 Å². The molecule has 5 nitrogen and oxygen atoms in total. The molecular formula is C17H12BrClN2O3. The molecule has 0 bridgehead atoms. The molecule has 24 heavy (non-hydrogen) atoms. The van der Waals surface area contributed by atoms with Crippen molar-refractivity contribution in [3.63, 3.8) is 0 Å². The number of benzene rings is 2. The highest BCUT2D eigenvalue weighted by Gasteiger charge is 2.22. The molecule has 2 N–H and O–H groups in total. The van der Waals surface area contributed by atoms with E-state index in [1.807, 2.05) is 30.3 Å². The normalized spacial score (nSPS) is 15.3. The molecule has 7 heteroatoms. The number of hydrogen-bond acceptors (Lipinski definition) is 3. The molecule has 0 atom stereocenters. The van der Waals surface area contributed by atoms with Crippen LogP contribution in [0, 0.1) is 0 Å². The number of carbonyl (C=O) groups is 2. The average Bonchev–Trinajstić information content (AvgIpc) is 2.86. The molecule has 3 rings (SSSR count). The summed E-state index contributed by atoms with van der Waals surface area (Å²) in [6, 6.07) is 12.3. The lowest BCUT2D eigenvalue weighted by Gasteiger charge is -2.09. The van der Waals surface area contributed by atoms with Crippen LogP contribution in [0.1, 0.15) is 11.1 Å². The number of hydrogen-bond donors (Lipinski definition) is 2. The van der Waals surface area contributed by atoms with Gasteiger partial charge in [-0.2, -0.15) is 0 Å². The first kappa shape index (κ1) is 16.5. The fourth-order valence-electron chi connectivity index (χ4n) is 2.11. The number of halogens is 2. The predicted molar refractivity (Wildman–Crippen MR) is 94.6 cm³/mol. The molecule has 122 valence electrons. The van der Waals surface area contributed by atoms with E-state index < -0.39 is 11.9 Å². The maximum absolute atomic E-state index is 11.5. The van der Waals surface area contributed by atoms with E-state index in [0.717, 1.165) is 15.6 Å². The minimum atomic E-state index is -0.520. The van der Waals surface area contributed by atoms with Gasteiger partial charge in [0.25, 0.3) is 5.91 Å². The fraction of sp³-hybridized carbons (Fsp3) is 0.0588. The van der Waals surface area contributed by atoms with E-state index in [9.17, 15) is 9.59 Å². The first-order valence-electron chi connectivity index (χ1n) is 7.02. The summed E-state index contributed by atoms with van der Waals surface area (Å²) in [5.74, 6) is 0.228. The Labute approximate surface area is 151 Å². The Morgan fingerprint density at radius 2 is 1.83 bits per heavy atom. The topological polar surface area (TPSA) is 67.4 Å². The van der Waals surface area contributed by atoms with Gasteiger partial charge in [0.1, 0.15) is 18.1 Å². The molecule has 1 fully saturated rings. The van der Waals surface area contributed by atoms with E-state index >= 15 is 0 Å². The number of imide groups is 1. The van der Waals surface area contributed by atoms with Gasteiger partial charge in [-0.05, 0) is 57.4 Å². The quantitative estimate of drug-likeness (QED) is 0.597. The van der Waals surface area contributed by atoms with Gasteiger partial charge in [0.05, 0.1) is 4.47 Å². The molecule has 0 radical (unpaired) electrons. The monoisotopic (exact) mass is 406 g/mol. The van der Waals surface area contributed by atoms with Crippen molar-refractivity contribution >= 4 is 45.5 Å². The van der Waals surface area contributed by atoms with E-state index in [1.54, 1.807) is 18.2 Å². The molecule has 0 unspecified atom stereocenters. The van der Waals surface area contributed by atoms with E-state index in [0.29, 0.717) is 17.4 Å². The Hall–Kier alpha value is -2.31. The molecule has 0 aromatic heterocycles. The van der Waals surface area contributed by atoms with E-state index in [4.69, 9.17) is 16.3 Å². The maximum atomic E-state index is 11.5. The van der Waals surface area contributed by atoms with Gasteiger partial charge in [-0.25, -0.2) is 4.79 Å². The lowest BCUT2D eigenvalue weighted by atomic mass is 10.2. The summed E-state index contributed by atoms with van der Waals surface area (Å²) in [5, 5.41) is 5.27. The number of carbonyl (C=O) groups excluding carboxylic acids is 2. The summed E-state index contributed by atoms with van der Waals surface area (Å²) < 4.78 is 6.51. The van der Waals surface area contributed by atoms with Gasteiger partial charge in [0.2, 0.25) is 0 Å². The fourth-order valence-corrected chi connectivity index (χ4v) is 2.75. The molecule has 1 aliphatic heterocycles. The second-order valence-electron chi connectivity index (χ2n) is 5.07. The zero-order valence-electron chi connectivity index (χ0n) is 12.3. The molecule has 1 saturated heterocycles. The molecule has 2 aromatic rings. The molecule has 1 aliphatic rings. The summed E-state index contributed by atoms with van der Waals surface area (Å²) in [7, 11) is 0. The Balaban J connectivity index is 1.70. The van der Waals surface area contributed by atoms with Gasteiger partial charge < -0.3 is 10.1 Å². The lowest BCUT2D eigenvalue weighted by molar-refractivity contribution is -0.115. The number of nitrogens with one attached hydrogen (secondary N) is 2. The Morgan fingerprint density at radius 3 is 2.46 bits per heavy atom. The van der Waals surface area contributed by atoms with Gasteiger partial charge in [-0.15, -0.1) is 0 Å². The van der Waals surface area contributed by atoms with Crippen molar-refractivity contribution in [1.82, 2.24) is 10.6 Å². The van der Waals surface area contributed by atoms with Gasteiger partial charge in [0, 0.05) is 5.02 Å².